The minimum absolute atomic E-state index is 0.0894. The van der Waals surface area contributed by atoms with E-state index in [2.05, 4.69) is 0 Å². The van der Waals surface area contributed by atoms with Crippen molar-refractivity contribution >= 4 is 28.2 Å². The number of nitrogens with zero attached hydrogens (tertiary/aromatic N) is 3. The Morgan fingerprint density at radius 3 is 2.10 bits per heavy atom. The van der Waals surface area contributed by atoms with Gasteiger partial charge in [0, 0.05) is 45.6 Å². The normalized spacial score (nSPS) is 21.7. The zero-order valence-corrected chi connectivity index (χ0v) is 12.5. The Labute approximate surface area is 123 Å². The lowest BCUT2D eigenvalue weighted by molar-refractivity contribution is -0.147. The van der Waals surface area contributed by atoms with Gasteiger partial charge in [-0.25, -0.2) is 8.42 Å². The Morgan fingerprint density at radius 1 is 1.00 bits per heavy atom. The van der Waals surface area contributed by atoms with Crippen LogP contribution in [0.1, 0.15) is 19.3 Å². The number of rotatable bonds is 5. The first-order valence-electron chi connectivity index (χ1n) is 6.94. The van der Waals surface area contributed by atoms with Crippen molar-refractivity contribution in [1.29, 1.82) is 0 Å². The SMILES string of the molecule is O=CN1CCN(S(=O)(=O)CCN2C(=O)CCCC2=O)CC1. The molecule has 0 aromatic rings. The lowest BCUT2D eigenvalue weighted by Crippen LogP contribution is -2.50. The molecule has 0 atom stereocenters. The second-order valence-electron chi connectivity index (χ2n) is 5.15. The Bertz CT molecular complexity index is 509. The molecule has 0 aliphatic carbocycles. The molecule has 0 unspecified atom stereocenters. The van der Waals surface area contributed by atoms with Crippen LogP contribution in [-0.4, -0.2) is 79.2 Å². The molecule has 21 heavy (non-hydrogen) atoms. The lowest BCUT2D eigenvalue weighted by Gasteiger charge is -2.32. The lowest BCUT2D eigenvalue weighted by atomic mass is 10.1. The van der Waals surface area contributed by atoms with Crippen LogP contribution in [0.15, 0.2) is 0 Å². The van der Waals surface area contributed by atoms with Gasteiger partial charge in [-0.3, -0.25) is 19.3 Å². The van der Waals surface area contributed by atoms with Gasteiger partial charge in [-0.1, -0.05) is 0 Å². The molecule has 2 heterocycles. The number of piperazine rings is 1. The van der Waals surface area contributed by atoms with Gasteiger partial charge < -0.3 is 4.90 Å². The van der Waals surface area contributed by atoms with Crippen LogP contribution in [0, 0.1) is 0 Å². The van der Waals surface area contributed by atoms with Gasteiger partial charge in [0.1, 0.15) is 0 Å². The second-order valence-corrected chi connectivity index (χ2v) is 7.24. The number of carbonyl (C=O) groups excluding carboxylic acids is 3. The molecule has 3 amide bonds. The van der Waals surface area contributed by atoms with Gasteiger partial charge in [0.2, 0.25) is 28.2 Å². The molecule has 2 rings (SSSR count). The molecule has 118 valence electrons. The van der Waals surface area contributed by atoms with Gasteiger partial charge >= 0.3 is 0 Å². The molecule has 2 saturated heterocycles. The molecule has 2 aliphatic heterocycles. The smallest absolute Gasteiger partial charge is 0.229 e. The van der Waals surface area contributed by atoms with Crippen molar-refractivity contribution in [2.45, 2.75) is 19.3 Å². The summed E-state index contributed by atoms with van der Waals surface area (Å²) < 4.78 is 25.7. The fraction of sp³-hybridized carbons (Fsp3) is 0.750. The van der Waals surface area contributed by atoms with Crippen LogP contribution in [-0.2, 0) is 24.4 Å². The van der Waals surface area contributed by atoms with E-state index in [0.29, 0.717) is 38.8 Å². The van der Waals surface area contributed by atoms with E-state index in [1.54, 1.807) is 0 Å². The molecule has 0 N–H and O–H groups in total. The Kier molecular flexibility index (Phi) is 4.94. The summed E-state index contributed by atoms with van der Waals surface area (Å²) in [6.45, 7) is 1.15. The predicted octanol–water partition coefficient (Wildman–Crippen LogP) is -1.37. The Hall–Kier alpha value is -1.48. The van der Waals surface area contributed by atoms with Crippen LogP contribution >= 0.6 is 0 Å². The average molecular weight is 317 g/mol. The molecule has 0 bridgehead atoms. The second kappa shape index (κ2) is 6.52. The van der Waals surface area contributed by atoms with Gasteiger partial charge in [-0.2, -0.15) is 4.31 Å². The van der Waals surface area contributed by atoms with Crippen LogP contribution in [0.25, 0.3) is 0 Å². The summed E-state index contributed by atoms with van der Waals surface area (Å²) >= 11 is 0. The predicted molar refractivity (Wildman–Crippen MR) is 73.6 cm³/mol. The highest BCUT2D eigenvalue weighted by atomic mass is 32.2. The summed E-state index contributed by atoms with van der Waals surface area (Å²) in [4.78, 5) is 36.4. The molecule has 2 fully saturated rings. The third-order valence-corrected chi connectivity index (χ3v) is 5.62. The third-order valence-electron chi connectivity index (χ3n) is 3.77. The van der Waals surface area contributed by atoms with Crippen molar-refractivity contribution in [1.82, 2.24) is 14.1 Å². The maximum atomic E-state index is 12.2. The van der Waals surface area contributed by atoms with E-state index >= 15 is 0 Å². The molecular weight excluding hydrogens is 298 g/mol. The molecule has 0 saturated carbocycles. The summed E-state index contributed by atoms with van der Waals surface area (Å²) in [5.74, 6) is -0.856. The molecule has 9 heteroatoms. The van der Waals surface area contributed by atoms with Gasteiger partial charge in [-0.15, -0.1) is 0 Å². The summed E-state index contributed by atoms with van der Waals surface area (Å²) in [5, 5.41) is 0. The highest BCUT2D eigenvalue weighted by molar-refractivity contribution is 7.89. The van der Waals surface area contributed by atoms with Crippen LogP contribution in [0.2, 0.25) is 0 Å². The van der Waals surface area contributed by atoms with Gasteiger partial charge in [0.25, 0.3) is 0 Å². The minimum Gasteiger partial charge on any atom is -0.343 e. The first-order chi connectivity index (χ1) is 9.94. The number of piperidine rings is 1. The zero-order valence-electron chi connectivity index (χ0n) is 11.7. The van der Waals surface area contributed by atoms with E-state index in [1.165, 1.54) is 9.21 Å². The zero-order chi connectivity index (χ0) is 15.5. The van der Waals surface area contributed by atoms with Crippen molar-refractivity contribution in [3.63, 3.8) is 0 Å². The molecule has 0 aromatic heterocycles. The summed E-state index contributed by atoms with van der Waals surface area (Å²) in [6.07, 6.45) is 1.83. The first-order valence-corrected chi connectivity index (χ1v) is 8.55. The van der Waals surface area contributed by atoms with Crippen LogP contribution < -0.4 is 0 Å². The van der Waals surface area contributed by atoms with E-state index in [9.17, 15) is 22.8 Å². The van der Waals surface area contributed by atoms with Crippen LogP contribution in [0.4, 0.5) is 0 Å². The maximum Gasteiger partial charge on any atom is 0.229 e. The summed E-state index contributed by atoms with van der Waals surface area (Å²) in [6, 6.07) is 0. The van der Waals surface area contributed by atoms with Gasteiger partial charge in [-0.05, 0) is 6.42 Å². The minimum atomic E-state index is -3.52. The van der Waals surface area contributed by atoms with E-state index in [0.717, 1.165) is 4.90 Å². The molecule has 2 aliphatic rings. The fourth-order valence-corrected chi connectivity index (χ4v) is 3.86. The maximum absolute atomic E-state index is 12.2. The van der Waals surface area contributed by atoms with Crippen molar-refractivity contribution in [3.05, 3.63) is 0 Å². The number of imide groups is 1. The van der Waals surface area contributed by atoms with E-state index in [-0.39, 0.29) is 37.2 Å². The average Bonchev–Trinajstić information content (AvgIpc) is 2.47. The molecule has 8 nitrogen and oxygen atoms in total. The van der Waals surface area contributed by atoms with Gasteiger partial charge in [0.15, 0.2) is 0 Å². The highest BCUT2D eigenvalue weighted by Gasteiger charge is 2.30. The number of amides is 3. The molecule has 0 aromatic carbocycles. The number of likely N-dealkylation sites (tertiary alicyclic amines) is 1. The Morgan fingerprint density at radius 2 is 1.57 bits per heavy atom. The van der Waals surface area contributed by atoms with Crippen molar-refractivity contribution in [2.24, 2.45) is 0 Å². The first kappa shape index (κ1) is 15.9. The van der Waals surface area contributed by atoms with E-state index in [1.807, 2.05) is 0 Å². The number of hydrogen-bond acceptors (Lipinski definition) is 5. The number of carbonyl (C=O) groups is 3. The third kappa shape index (κ3) is 3.79. The van der Waals surface area contributed by atoms with Crippen molar-refractivity contribution in [3.8, 4) is 0 Å². The quantitative estimate of drug-likeness (QED) is 0.460. The standard InChI is InChI=1S/C12H19N3O5S/c16-10-13-4-6-14(7-5-13)21(19,20)9-8-15-11(17)2-1-3-12(15)18/h10H,1-9H2. The number of hydrogen-bond donors (Lipinski definition) is 0. The fourth-order valence-electron chi connectivity index (χ4n) is 2.47. The molecular formula is C12H19N3O5S. The van der Waals surface area contributed by atoms with Crippen LogP contribution in [0.5, 0.6) is 0 Å². The van der Waals surface area contributed by atoms with Gasteiger partial charge in [0.05, 0.1) is 5.75 Å². The number of sulfonamides is 1. The summed E-state index contributed by atoms with van der Waals surface area (Å²) in [5.41, 5.74) is 0. The van der Waals surface area contributed by atoms with Crippen molar-refractivity contribution in [2.75, 3.05) is 38.5 Å². The molecule has 0 radical (unpaired) electrons. The van der Waals surface area contributed by atoms with Crippen molar-refractivity contribution < 1.29 is 22.8 Å². The highest BCUT2D eigenvalue weighted by Crippen LogP contribution is 2.13. The Balaban J connectivity index is 1.91. The summed E-state index contributed by atoms with van der Waals surface area (Å²) in [7, 11) is -3.52. The van der Waals surface area contributed by atoms with Crippen LogP contribution in [0.3, 0.4) is 0 Å². The van der Waals surface area contributed by atoms with E-state index in [4.69, 9.17) is 0 Å². The topological polar surface area (TPSA) is 95.1 Å². The van der Waals surface area contributed by atoms with E-state index < -0.39 is 10.0 Å². The largest absolute Gasteiger partial charge is 0.343 e. The molecule has 0 spiro atoms. The monoisotopic (exact) mass is 317 g/mol.